The van der Waals surface area contributed by atoms with Gasteiger partial charge < -0.3 is 25.0 Å². The molecule has 1 fully saturated rings. The summed E-state index contributed by atoms with van der Waals surface area (Å²) < 4.78 is 24.7. The molecule has 2 aliphatic rings. The van der Waals surface area contributed by atoms with Crippen molar-refractivity contribution in [1.82, 2.24) is 15.5 Å². The van der Waals surface area contributed by atoms with Crippen LogP contribution in [0.2, 0.25) is 0 Å². The van der Waals surface area contributed by atoms with Gasteiger partial charge in [-0.15, -0.1) is 0 Å². The van der Waals surface area contributed by atoms with E-state index < -0.39 is 0 Å². The number of likely N-dealkylation sites (tertiary alicyclic amines) is 1. The molecule has 0 atom stereocenters. The fraction of sp³-hybridized carbons (Fsp3) is 0.600. The highest BCUT2D eigenvalue weighted by atomic mass is 19.1. The van der Waals surface area contributed by atoms with Crippen LogP contribution < -0.4 is 15.4 Å². The van der Waals surface area contributed by atoms with Crippen molar-refractivity contribution >= 4 is 11.9 Å². The standard InChI is InChI=1S/C20H29FN4O3/c1-22-18(26)9-14-4-7-25(8-5-14)20(23-2)24-6-3-15-10-17(21)11-16-12-27-13-28-19(15)16/h10-11,14H,3-9,12-13H2,1-2H3,(H,22,26)(H,23,24). The Morgan fingerprint density at radius 2 is 2.14 bits per heavy atom. The summed E-state index contributed by atoms with van der Waals surface area (Å²) in [6.45, 7) is 2.95. The maximum Gasteiger partial charge on any atom is 0.220 e. The Labute approximate surface area is 165 Å². The maximum atomic E-state index is 13.9. The normalized spacial score (nSPS) is 17.7. The van der Waals surface area contributed by atoms with E-state index >= 15 is 0 Å². The summed E-state index contributed by atoms with van der Waals surface area (Å²) in [6, 6.07) is 2.99. The molecule has 0 saturated carbocycles. The predicted octanol–water partition coefficient (Wildman–Crippen LogP) is 1.66. The molecule has 0 aliphatic carbocycles. The molecule has 0 spiro atoms. The quantitative estimate of drug-likeness (QED) is 0.589. The van der Waals surface area contributed by atoms with Gasteiger partial charge in [0.2, 0.25) is 5.91 Å². The van der Waals surface area contributed by atoms with E-state index in [-0.39, 0.29) is 18.5 Å². The van der Waals surface area contributed by atoms with Gasteiger partial charge >= 0.3 is 0 Å². The number of piperidine rings is 1. The van der Waals surface area contributed by atoms with Crippen molar-refractivity contribution in [3.63, 3.8) is 0 Å². The fourth-order valence-electron chi connectivity index (χ4n) is 3.80. The van der Waals surface area contributed by atoms with Crippen LogP contribution in [0, 0.1) is 11.7 Å². The SMILES string of the molecule is CN=C(NCCc1cc(F)cc2c1OCOC2)N1CCC(CC(=O)NC)CC1. The molecule has 8 heteroatoms. The lowest BCUT2D eigenvalue weighted by molar-refractivity contribution is -0.121. The summed E-state index contributed by atoms with van der Waals surface area (Å²) in [7, 11) is 3.44. The molecule has 0 aromatic heterocycles. The average molecular weight is 392 g/mol. The van der Waals surface area contributed by atoms with Crippen molar-refractivity contribution in [2.45, 2.75) is 32.3 Å². The Morgan fingerprint density at radius 3 is 2.86 bits per heavy atom. The molecule has 2 heterocycles. The van der Waals surface area contributed by atoms with Crippen molar-refractivity contribution in [2.75, 3.05) is 40.5 Å². The number of guanidine groups is 1. The molecule has 1 aromatic rings. The number of rotatable bonds is 5. The number of hydrogen-bond acceptors (Lipinski definition) is 4. The topological polar surface area (TPSA) is 75.2 Å². The van der Waals surface area contributed by atoms with Crippen molar-refractivity contribution < 1.29 is 18.7 Å². The van der Waals surface area contributed by atoms with E-state index in [9.17, 15) is 9.18 Å². The monoisotopic (exact) mass is 392 g/mol. The van der Waals surface area contributed by atoms with Gasteiger partial charge in [-0.05, 0) is 42.9 Å². The van der Waals surface area contributed by atoms with E-state index in [1.54, 1.807) is 14.1 Å². The van der Waals surface area contributed by atoms with Gasteiger partial charge in [0.05, 0.1) is 6.61 Å². The number of fused-ring (bicyclic) bond motifs is 1. The minimum atomic E-state index is -0.273. The van der Waals surface area contributed by atoms with Gasteiger partial charge in [-0.3, -0.25) is 9.79 Å². The third kappa shape index (κ3) is 5.13. The van der Waals surface area contributed by atoms with E-state index in [2.05, 4.69) is 20.5 Å². The number of aliphatic imine (C=N–C) groups is 1. The molecule has 2 aliphatic heterocycles. The van der Waals surface area contributed by atoms with E-state index in [1.807, 2.05) is 0 Å². The van der Waals surface area contributed by atoms with Crippen LogP contribution in [-0.2, 0) is 22.6 Å². The summed E-state index contributed by atoms with van der Waals surface area (Å²) in [4.78, 5) is 18.1. The highest BCUT2D eigenvalue weighted by Gasteiger charge is 2.23. The van der Waals surface area contributed by atoms with Crippen LogP contribution >= 0.6 is 0 Å². The largest absolute Gasteiger partial charge is 0.467 e. The summed E-state index contributed by atoms with van der Waals surface area (Å²) >= 11 is 0. The lowest BCUT2D eigenvalue weighted by atomic mass is 9.93. The first-order chi connectivity index (χ1) is 13.6. The van der Waals surface area contributed by atoms with E-state index in [1.165, 1.54) is 12.1 Å². The molecule has 7 nitrogen and oxygen atoms in total. The van der Waals surface area contributed by atoms with E-state index in [4.69, 9.17) is 9.47 Å². The zero-order chi connectivity index (χ0) is 19.9. The summed E-state index contributed by atoms with van der Waals surface area (Å²) in [5.41, 5.74) is 1.59. The Morgan fingerprint density at radius 1 is 1.36 bits per heavy atom. The third-order valence-electron chi connectivity index (χ3n) is 5.31. The molecular formula is C20H29FN4O3. The van der Waals surface area contributed by atoms with Crippen molar-refractivity contribution in [1.29, 1.82) is 0 Å². The van der Waals surface area contributed by atoms with Crippen LogP contribution in [0.15, 0.2) is 17.1 Å². The summed E-state index contributed by atoms with van der Waals surface area (Å²) in [6.07, 6.45) is 3.16. The molecule has 2 N–H and O–H groups in total. The van der Waals surface area contributed by atoms with Gasteiger partial charge in [0.1, 0.15) is 11.6 Å². The minimum absolute atomic E-state index is 0.104. The van der Waals surface area contributed by atoms with Gasteiger partial charge in [0.25, 0.3) is 0 Å². The van der Waals surface area contributed by atoms with Gasteiger partial charge in [0, 0.05) is 45.7 Å². The number of carbonyl (C=O) groups excluding carboxylic acids is 1. The second-order valence-corrected chi connectivity index (χ2v) is 7.20. The van der Waals surface area contributed by atoms with Gasteiger partial charge in [-0.2, -0.15) is 0 Å². The predicted molar refractivity (Wildman–Crippen MR) is 105 cm³/mol. The molecular weight excluding hydrogens is 363 g/mol. The average Bonchev–Trinajstić information content (AvgIpc) is 2.71. The third-order valence-corrected chi connectivity index (χ3v) is 5.31. The highest BCUT2D eigenvalue weighted by molar-refractivity contribution is 5.80. The number of nitrogens with zero attached hydrogens (tertiary/aromatic N) is 2. The first kappa shape index (κ1) is 20.4. The molecule has 3 rings (SSSR count). The molecule has 28 heavy (non-hydrogen) atoms. The number of amides is 1. The lowest BCUT2D eigenvalue weighted by Crippen LogP contribution is -2.46. The Balaban J connectivity index is 1.51. The number of halogens is 1. The number of ether oxygens (including phenoxy) is 2. The van der Waals surface area contributed by atoms with Gasteiger partial charge in [-0.25, -0.2) is 4.39 Å². The fourth-order valence-corrected chi connectivity index (χ4v) is 3.80. The number of nitrogens with one attached hydrogen (secondary N) is 2. The van der Waals surface area contributed by atoms with Crippen LogP contribution in [0.5, 0.6) is 5.75 Å². The number of benzene rings is 1. The molecule has 1 saturated heterocycles. The molecule has 0 bridgehead atoms. The molecule has 0 unspecified atom stereocenters. The second-order valence-electron chi connectivity index (χ2n) is 7.20. The van der Waals surface area contributed by atoms with Crippen molar-refractivity contribution in [2.24, 2.45) is 10.9 Å². The molecule has 1 amide bonds. The van der Waals surface area contributed by atoms with Crippen molar-refractivity contribution in [3.8, 4) is 5.75 Å². The smallest absolute Gasteiger partial charge is 0.220 e. The number of carbonyl (C=O) groups is 1. The van der Waals surface area contributed by atoms with Crippen LogP contribution in [0.3, 0.4) is 0 Å². The van der Waals surface area contributed by atoms with E-state index in [0.29, 0.717) is 31.9 Å². The molecule has 1 aromatic carbocycles. The van der Waals surface area contributed by atoms with Crippen LogP contribution in [-0.4, -0.2) is 57.3 Å². The maximum absolute atomic E-state index is 13.9. The Bertz CT molecular complexity index is 718. The Hall–Kier alpha value is -2.35. The van der Waals surface area contributed by atoms with Crippen LogP contribution in [0.4, 0.5) is 4.39 Å². The first-order valence-corrected chi connectivity index (χ1v) is 9.78. The summed E-state index contributed by atoms with van der Waals surface area (Å²) in [5, 5.41) is 6.06. The van der Waals surface area contributed by atoms with Gasteiger partial charge in [-0.1, -0.05) is 0 Å². The second kappa shape index (κ2) is 9.73. The minimum Gasteiger partial charge on any atom is -0.467 e. The first-order valence-electron chi connectivity index (χ1n) is 9.78. The van der Waals surface area contributed by atoms with Crippen molar-refractivity contribution in [3.05, 3.63) is 29.1 Å². The molecule has 0 radical (unpaired) electrons. The van der Waals surface area contributed by atoms with Crippen LogP contribution in [0.25, 0.3) is 0 Å². The number of hydrogen-bond donors (Lipinski definition) is 2. The van der Waals surface area contributed by atoms with Gasteiger partial charge in [0.15, 0.2) is 12.8 Å². The molecule has 154 valence electrons. The highest BCUT2D eigenvalue weighted by Crippen LogP contribution is 2.29. The van der Waals surface area contributed by atoms with Crippen LogP contribution in [0.1, 0.15) is 30.4 Å². The zero-order valence-electron chi connectivity index (χ0n) is 16.6. The lowest BCUT2D eigenvalue weighted by Gasteiger charge is -2.34. The Kier molecular flexibility index (Phi) is 7.08. The zero-order valence-corrected chi connectivity index (χ0v) is 16.6. The summed E-state index contributed by atoms with van der Waals surface area (Å²) in [5.74, 6) is 1.83. The van der Waals surface area contributed by atoms with E-state index in [0.717, 1.165) is 48.8 Å².